The Morgan fingerprint density at radius 3 is 2.77 bits per heavy atom. The minimum absolute atomic E-state index is 0.0312. The van der Waals surface area contributed by atoms with Crippen molar-refractivity contribution >= 4 is 26.7 Å². The van der Waals surface area contributed by atoms with E-state index in [0.717, 1.165) is 20.8 Å². The van der Waals surface area contributed by atoms with Gasteiger partial charge in [0.1, 0.15) is 0 Å². The van der Waals surface area contributed by atoms with Crippen LogP contribution in [-0.2, 0) is 0 Å². The molecule has 1 N–H and O–H groups in total. The Hall–Kier alpha value is -1.09. The molecule has 1 aromatic carbocycles. The standard InChI is InChI=1S/C10H8BrNO/c1-6-2-3-8(11)7-4-5-12-10(13)9(6)7/h2-5H,1H3,(H,12,13). The summed E-state index contributed by atoms with van der Waals surface area (Å²) in [6.07, 6.45) is 1.66. The highest BCUT2D eigenvalue weighted by atomic mass is 79.9. The molecule has 0 saturated carbocycles. The molecule has 0 aliphatic rings. The number of H-pyrrole nitrogens is 1. The number of aromatic nitrogens is 1. The van der Waals surface area contributed by atoms with Gasteiger partial charge in [-0.3, -0.25) is 4.79 Å². The third kappa shape index (κ3) is 1.29. The number of fused-ring (bicyclic) bond motifs is 1. The molecule has 0 radical (unpaired) electrons. The van der Waals surface area contributed by atoms with Crippen LogP contribution in [0.5, 0.6) is 0 Å². The Labute approximate surface area is 83.7 Å². The van der Waals surface area contributed by atoms with Gasteiger partial charge in [-0.1, -0.05) is 22.0 Å². The maximum absolute atomic E-state index is 11.5. The van der Waals surface area contributed by atoms with Gasteiger partial charge >= 0.3 is 0 Å². The minimum atomic E-state index is -0.0312. The normalized spacial score (nSPS) is 10.6. The number of halogens is 1. The lowest BCUT2D eigenvalue weighted by Crippen LogP contribution is -2.05. The van der Waals surface area contributed by atoms with E-state index >= 15 is 0 Å². The average molecular weight is 238 g/mol. The molecule has 0 bridgehead atoms. The zero-order chi connectivity index (χ0) is 9.42. The van der Waals surface area contributed by atoms with E-state index in [1.54, 1.807) is 6.20 Å². The zero-order valence-electron chi connectivity index (χ0n) is 7.10. The monoisotopic (exact) mass is 237 g/mol. The van der Waals surface area contributed by atoms with Crippen molar-refractivity contribution in [3.8, 4) is 0 Å². The molecular formula is C10H8BrNO. The van der Waals surface area contributed by atoms with Crippen molar-refractivity contribution in [1.82, 2.24) is 4.98 Å². The summed E-state index contributed by atoms with van der Waals surface area (Å²) in [6, 6.07) is 5.78. The number of benzene rings is 1. The van der Waals surface area contributed by atoms with E-state index in [9.17, 15) is 4.79 Å². The van der Waals surface area contributed by atoms with Crippen LogP contribution in [0.4, 0.5) is 0 Å². The first-order chi connectivity index (χ1) is 6.20. The number of hydrogen-bond donors (Lipinski definition) is 1. The van der Waals surface area contributed by atoms with Crippen LogP contribution in [0.1, 0.15) is 5.56 Å². The molecular weight excluding hydrogens is 230 g/mol. The highest BCUT2D eigenvalue weighted by Crippen LogP contribution is 2.23. The summed E-state index contributed by atoms with van der Waals surface area (Å²) < 4.78 is 0.958. The lowest BCUT2D eigenvalue weighted by Gasteiger charge is -2.01. The van der Waals surface area contributed by atoms with Gasteiger partial charge in [0.15, 0.2) is 0 Å². The molecule has 0 unspecified atom stereocenters. The number of rotatable bonds is 0. The van der Waals surface area contributed by atoms with Gasteiger partial charge in [-0.2, -0.15) is 0 Å². The van der Waals surface area contributed by atoms with Gasteiger partial charge in [0.25, 0.3) is 5.56 Å². The summed E-state index contributed by atoms with van der Waals surface area (Å²) in [6.45, 7) is 1.93. The van der Waals surface area contributed by atoms with Gasteiger partial charge in [0.2, 0.25) is 0 Å². The van der Waals surface area contributed by atoms with E-state index in [2.05, 4.69) is 20.9 Å². The van der Waals surface area contributed by atoms with Crippen molar-refractivity contribution in [3.05, 3.63) is 44.8 Å². The van der Waals surface area contributed by atoms with Crippen LogP contribution in [0.3, 0.4) is 0 Å². The van der Waals surface area contributed by atoms with E-state index in [0.29, 0.717) is 0 Å². The molecule has 0 atom stereocenters. The fourth-order valence-corrected chi connectivity index (χ4v) is 1.90. The first-order valence-electron chi connectivity index (χ1n) is 3.96. The number of aromatic amines is 1. The molecule has 0 amide bonds. The quantitative estimate of drug-likeness (QED) is 0.751. The van der Waals surface area contributed by atoms with Crippen LogP contribution < -0.4 is 5.56 Å². The van der Waals surface area contributed by atoms with Gasteiger partial charge in [-0.25, -0.2) is 0 Å². The first kappa shape index (κ1) is 8.51. The summed E-state index contributed by atoms with van der Waals surface area (Å²) in [5.41, 5.74) is 0.969. The molecule has 0 saturated heterocycles. The maximum Gasteiger partial charge on any atom is 0.256 e. The maximum atomic E-state index is 11.5. The molecule has 0 spiro atoms. The Bertz CT molecular complexity index is 516. The second-order valence-corrected chi connectivity index (χ2v) is 3.81. The second kappa shape index (κ2) is 3.00. The lowest BCUT2D eigenvalue weighted by molar-refractivity contribution is 1.26. The topological polar surface area (TPSA) is 32.9 Å². The van der Waals surface area contributed by atoms with Crippen molar-refractivity contribution in [2.24, 2.45) is 0 Å². The van der Waals surface area contributed by atoms with Crippen molar-refractivity contribution < 1.29 is 0 Å². The summed E-state index contributed by atoms with van der Waals surface area (Å²) in [5, 5.41) is 1.72. The van der Waals surface area contributed by atoms with E-state index in [-0.39, 0.29) is 5.56 Å². The summed E-state index contributed by atoms with van der Waals surface area (Å²) in [4.78, 5) is 14.1. The molecule has 2 aromatic rings. The molecule has 2 rings (SSSR count). The van der Waals surface area contributed by atoms with Crippen molar-refractivity contribution in [2.75, 3.05) is 0 Å². The highest BCUT2D eigenvalue weighted by Gasteiger charge is 2.03. The number of nitrogens with one attached hydrogen (secondary N) is 1. The van der Waals surface area contributed by atoms with Gasteiger partial charge in [-0.05, 0) is 24.6 Å². The largest absolute Gasteiger partial charge is 0.329 e. The number of pyridine rings is 1. The second-order valence-electron chi connectivity index (χ2n) is 2.96. The molecule has 1 heterocycles. The molecule has 0 aliphatic carbocycles. The van der Waals surface area contributed by atoms with E-state index < -0.39 is 0 Å². The zero-order valence-corrected chi connectivity index (χ0v) is 8.68. The fourth-order valence-electron chi connectivity index (χ4n) is 1.44. The van der Waals surface area contributed by atoms with E-state index in [1.165, 1.54) is 0 Å². The summed E-state index contributed by atoms with van der Waals surface area (Å²) in [7, 11) is 0. The van der Waals surface area contributed by atoms with Crippen LogP contribution in [0.2, 0.25) is 0 Å². The minimum Gasteiger partial charge on any atom is -0.329 e. The van der Waals surface area contributed by atoms with Gasteiger partial charge in [0.05, 0.1) is 5.39 Å². The fraction of sp³-hybridized carbons (Fsp3) is 0.100. The molecule has 66 valence electrons. The first-order valence-corrected chi connectivity index (χ1v) is 4.76. The molecule has 13 heavy (non-hydrogen) atoms. The van der Waals surface area contributed by atoms with Crippen LogP contribution >= 0.6 is 15.9 Å². The highest BCUT2D eigenvalue weighted by molar-refractivity contribution is 9.10. The smallest absolute Gasteiger partial charge is 0.256 e. The third-order valence-corrected chi connectivity index (χ3v) is 2.78. The molecule has 0 aliphatic heterocycles. The van der Waals surface area contributed by atoms with Gasteiger partial charge in [-0.15, -0.1) is 0 Å². The summed E-state index contributed by atoms with van der Waals surface area (Å²) in [5.74, 6) is 0. The predicted molar refractivity (Wildman–Crippen MR) is 57.0 cm³/mol. The summed E-state index contributed by atoms with van der Waals surface area (Å²) >= 11 is 3.41. The van der Waals surface area contributed by atoms with Gasteiger partial charge < -0.3 is 4.98 Å². The van der Waals surface area contributed by atoms with E-state index in [1.807, 2.05) is 25.1 Å². The predicted octanol–water partition coefficient (Wildman–Crippen LogP) is 2.60. The number of aryl methyl sites for hydroxylation is 1. The van der Waals surface area contributed by atoms with Crippen LogP contribution in [0.15, 0.2) is 33.7 Å². The molecule has 2 nitrogen and oxygen atoms in total. The average Bonchev–Trinajstić information content (AvgIpc) is 2.12. The molecule has 1 aromatic heterocycles. The SMILES string of the molecule is Cc1ccc(Br)c2cc[nH]c(=O)c12. The van der Waals surface area contributed by atoms with Crippen LogP contribution in [0, 0.1) is 6.92 Å². The molecule has 0 fully saturated rings. The van der Waals surface area contributed by atoms with Crippen LogP contribution in [-0.4, -0.2) is 4.98 Å². The lowest BCUT2D eigenvalue weighted by atomic mass is 10.1. The van der Waals surface area contributed by atoms with Crippen LogP contribution in [0.25, 0.3) is 10.8 Å². The Morgan fingerprint density at radius 1 is 1.31 bits per heavy atom. The number of hydrogen-bond acceptors (Lipinski definition) is 1. The Morgan fingerprint density at radius 2 is 2.08 bits per heavy atom. The van der Waals surface area contributed by atoms with Crippen molar-refractivity contribution in [1.29, 1.82) is 0 Å². The van der Waals surface area contributed by atoms with Crippen molar-refractivity contribution in [3.63, 3.8) is 0 Å². The molecule has 3 heteroatoms. The Kier molecular flexibility index (Phi) is 1.96. The Balaban J connectivity index is 3.09. The third-order valence-electron chi connectivity index (χ3n) is 2.09. The van der Waals surface area contributed by atoms with Crippen molar-refractivity contribution in [2.45, 2.75) is 6.92 Å². The van der Waals surface area contributed by atoms with Gasteiger partial charge in [0, 0.05) is 16.1 Å². The van der Waals surface area contributed by atoms with E-state index in [4.69, 9.17) is 0 Å².